The predicted octanol–water partition coefficient (Wildman–Crippen LogP) is 3.27. The van der Waals surface area contributed by atoms with Crippen molar-refractivity contribution in [2.75, 3.05) is 0 Å². The fraction of sp³-hybridized carbons (Fsp3) is 0.583. The number of ketones is 1. The normalized spacial score (nSPS) is 27.2. The van der Waals surface area contributed by atoms with Crippen LogP contribution >= 0.6 is 0 Å². The quantitative estimate of drug-likeness (QED) is 0.560. The van der Waals surface area contributed by atoms with Crippen LogP contribution in [-0.4, -0.2) is 5.78 Å². The number of allylic oxidation sites excluding steroid dienone is 4. The highest BCUT2D eigenvalue weighted by atomic mass is 16.1. The van der Waals surface area contributed by atoms with Gasteiger partial charge in [-0.05, 0) is 58.2 Å². The lowest BCUT2D eigenvalue weighted by Crippen LogP contribution is -2.31. The number of carbonyl (C=O) groups excluding carboxylic acids is 1. The van der Waals surface area contributed by atoms with E-state index in [1.165, 1.54) is 0 Å². The van der Waals surface area contributed by atoms with E-state index in [-0.39, 0.29) is 11.4 Å². The molecule has 0 amide bonds. The average molecular weight is 181 g/mol. The van der Waals surface area contributed by atoms with Crippen LogP contribution in [0.25, 0.3) is 0 Å². The molecule has 0 aromatic carbocycles. The summed E-state index contributed by atoms with van der Waals surface area (Å²) in [6, 6.07) is 0. The van der Waals surface area contributed by atoms with Crippen molar-refractivity contribution in [3.63, 3.8) is 0 Å². The molecule has 0 saturated carbocycles. The summed E-state index contributed by atoms with van der Waals surface area (Å²) in [6.45, 7) is 6.54. The van der Waals surface area contributed by atoms with E-state index in [2.05, 4.69) is 0 Å². The molecule has 0 radical (unpaired) electrons. The van der Waals surface area contributed by atoms with Crippen LogP contribution < -0.4 is 0 Å². The second-order valence-corrected chi connectivity index (χ2v) is 4.20. The molecule has 72 valence electrons. The molecule has 1 nitrogen and oxygen atoms in total. The SMILES string of the molecule is [2H]C([2H])([2H])C1=C(C)C(C)=C(C)C(=O)C1(C)C. The summed E-state index contributed by atoms with van der Waals surface area (Å²) in [5.74, 6) is -0.0817. The van der Waals surface area contributed by atoms with Crippen LogP contribution in [-0.2, 0) is 4.79 Å². The molecule has 13 heavy (non-hydrogen) atoms. The third-order valence-corrected chi connectivity index (χ3v) is 3.03. The van der Waals surface area contributed by atoms with Gasteiger partial charge in [-0.3, -0.25) is 4.79 Å². The second kappa shape index (κ2) is 2.83. The molecular weight excluding hydrogens is 160 g/mol. The first-order chi connectivity index (χ1) is 7.01. The van der Waals surface area contributed by atoms with Gasteiger partial charge in [0.1, 0.15) is 0 Å². The lowest BCUT2D eigenvalue weighted by Gasteiger charge is -2.32. The van der Waals surface area contributed by atoms with Gasteiger partial charge in [0, 0.05) is 9.53 Å². The molecule has 0 fully saturated rings. The van der Waals surface area contributed by atoms with Crippen molar-refractivity contribution in [2.45, 2.75) is 41.5 Å². The van der Waals surface area contributed by atoms with E-state index in [0.717, 1.165) is 11.1 Å². The van der Waals surface area contributed by atoms with Gasteiger partial charge in [0.2, 0.25) is 0 Å². The van der Waals surface area contributed by atoms with E-state index in [0.29, 0.717) is 5.57 Å². The summed E-state index contributed by atoms with van der Waals surface area (Å²) < 4.78 is 22.7. The number of rotatable bonds is 0. The zero-order valence-corrected chi connectivity index (χ0v) is 8.91. The van der Waals surface area contributed by atoms with Crippen LogP contribution in [0.1, 0.15) is 45.6 Å². The number of hydrogen-bond acceptors (Lipinski definition) is 1. The molecule has 0 bridgehead atoms. The third-order valence-electron chi connectivity index (χ3n) is 3.03. The summed E-state index contributed by atoms with van der Waals surface area (Å²) in [4.78, 5) is 12.1. The standard InChI is InChI=1S/C12H18O/c1-7-8(2)10(4)12(5,6)11(13)9(7)3/h1-6H3/i4D3. The molecule has 0 heterocycles. The number of hydrogen-bond donors (Lipinski definition) is 0. The first kappa shape index (κ1) is 6.58. The molecule has 1 aliphatic rings. The Labute approximate surface area is 84.7 Å². The summed E-state index contributed by atoms with van der Waals surface area (Å²) >= 11 is 0. The minimum Gasteiger partial charge on any atom is -0.294 e. The summed E-state index contributed by atoms with van der Waals surface area (Å²) in [5, 5.41) is 0. The molecule has 0 spiro atoms. The van der Waals surface area contributed by atoms with Crippen molar-refractivity contribution in [3.8, 4) is 0 Å². The summed E-state index contributed by atoms with van der Waals surface area (Å²) in [6.07, 6.45) is 0. The lowest BCUT2D eigenvalue weighted by atomic mass is 9.70. The largest absolute Gasteiger partial charge is 0.294 e. The van der Waals surface area contributed by atoms with Crippen LogP contribution in [0.15, 0.2) is 22.3 Å². The van der Waals surface area contributed by atoms with Crippen LogP contribution in [0.2, 0.25) is 0 Å². The van der Waals surface area contributed by atoms with Crippen molar-refractivity contribution < 1.29 is 8.91 Å². The minimum absolute atomic E-state index is 0.0817. The molecule has 1 heteroatoms. The van der Waals surface area contributed by atoms with Gasteiger partial charge >= 0.3 is 0 Å². The Morgan fingerprint density at radius 2 is 1.62 bits per heavy atom. The molecule has 0 aliphatic heterocycles. The van der Waals surface area contributed by atoms with E-state index in [1.54, 1.807) is 27.7 Å². The fourth-order valence-electron chi connectivity index (χ4n) is 1.69. The Balaban J connectivity index is 3.59. The number of Topliss-reactive ketones (excluding diaryl/α,β-unsaturated/α-hetero) is 1. The third kappa shape index (κ3) is 1.27. The number of carbonyl (C=O) groups is 1. The molecule has 0 N–H and O–H groups in total. The monoisotopic (exact) mass is 181 g/mol. The summed E-state index contributed by atoms with van der Waals surface area (Å²) in [5.41, 5.74) is 1.58. The van der Waals surface area contributed by atoms with Gasteiger partial charge in [-0.1, -0.05) is 5.57 Å². The van der Waals surface area contributed by atoms with Crippen LogP contribution in [0.5, 0.6) is 0 Å². The lowest BCUT2D eigenvalue weighted by molar-refractivity contribution is -0.121. The molecule has 0 aromatic heterocycles. The molecule has 1 aliphatic carbocycles. The fourth-order valence-corrected chi connectivity index (χ4v) is 1.69. The maximum Gasteiger partial charge on any atom is 0.168 e. The highest BCUT2D eigenvalue weighted by molar-refractivity contribution is 6.03. The van der Waals surface area contributed by atoms with Crippen molar-refractivity contribution in [1.29, 1.82) is 0 Å². The van der Waals surface area contributed by atoms with Gasteiger partial charge in [0.05, 0.1) is 0 Å². The van der Waals surface area contributed by atoms with Crippen molar-refractivity contribution >= 4 is 5.78 Å². The Morgan fingerprint density at radius 1 is 1.08 bits per heavy atom. The zero-order chi connectivity index (χ0) is 12.9. The highest BCUT2D eigenvalue weighted by Crippen LogP contribution is 2.39. The zero-order valence-electron chi connectivity index (χ0n) is 11.9. The maximum atomic E-state index is 12.1. The Bertz CT molecular complexity index is 408. The Kier molecular flexibility index (Phi) is 1.43. The van der Waals surface area contributed by atoms with E-state index < -0.39 is 12.3 Å². The maximum absolute atomic E-state index is 12.1. The molecule has 0 unspecified atom stereocenters. The molecule has 0 aromatic rings. The average Bonchev–Trinajstić information content (AvgIpc) is 2.09. The topological polar surface area (TPSA) is 17.1 Å². The Morgan fingerprint density at radius 3 is 2.08 bits per heavy atom. The summed E-state index contributed by atoms with van der Waals surface area (Å²) in [7, 11) is 0. The molecule has 1 rings (SSSR count). The van der Waals surface area contributed by atoms with E-state index >= 15 is 0 Å². The molecular formula is C12H18O. The van der Waals surface area contributed by atoms with E-state index in [1.807, 2.05) is 6.92 Å². The van der Waals surface area contributed by atoms with Crippen molar-refractivity contribution in [2.24, 2.45) is 5.41 Å². The van der Waals surface area contributed by atoms with Crippen LogP contribution in [0.3, 0.4) is 0 Å². The van der Waals surface area contributed by atoms with Crippen LogP contribution in [0, 0.1) is 5.41 Å². The Hall–Kier alpha value is -0.850. The first-order valence-corrected chi connectivity index (χ1v) is 4.45. The van der Waals surface area contributed by atoms with Gasteiger partial charge in [-0.15, -0.1) is 0 Å². The van der Waals surface area contributed by atoms with Gasteiger partial charge in [-0.2, -0.15) is 0 Å². The second-order valence-electron chi connectivity index (χ2n) is 4.20. The van der Waals surface area contributed by atoms with E-state index in [4.69, 9.17) is 4.11 Å². The van der Waals surface area contributed by atoms with Crippen molar-refractivity contribution in [1.82, 2.24) is 0 Å². The smallest absolute Gasteiger partial charge is 0.168 e. The van der Waals surface area contributed by atoms with E-state index in [9.17, 15) is 4.79 Å². The molecule has 0 atom stereocenters. The molecule has 0 saturated heterocycles. The van der Waals surface area contributed by atoms with Gasteiger partial charge < -0.3 is 0 Å². The predicted molar refractivity (Wildman–Crippen MR) is 55.5 cm³/mol. The minimum atomic E-state index is -2.20. The van der Waals surface area contributed by atoms with Gasteiger partial charge in [0.25, 0.3) is 0 Å². The van der Waals surface area contributed by atoms with Gasteiger partial charge in [-0.25, -0.2) is 0 Å². The highest BCUT2D eigenvalue weighted by Gasteiger charge is 2.35. The van der Waals surface area contributed by atoms with Gasteiger partial charge in [0.15, 0.2) is 5.78 Å². The first-order valence-electron chi connectivity index (χ1n) is 5.95. The van der Waals surface area contributed by atoms with Crippen molar-refractivity contribution in [3.05, 3.63) is 22.3 Å². The van der Waals surface area contributed by atoms with Crippen LogP contribution in [0.4, 0.5) is 0 Å².